The summed E-state index contributed by atoms with van der Waals surface area (Å²) >= 11 is 0. The molecule has 0 N–H and O–H groups in total. The lowest BCUT2D eigenvalue weighted by Crippen LogP contribution is -2.29. The number of ketones is 2. The van der Waals surface area contributed by atoms with Crippen molar-refractivity contribution in [3.05, 3.63) is 113 Å². The van der Waals surface area contributed by atoms with Crippen molar-refractivity contribution in [3.8, 4) is 0 Å². The van der Waals surface area contributed by atoms with E-state index < -0.39 is 5.92 Å². The molecule has 1 unspecified atom stereocenters. The average Bonchev–Trinajstić information content (AvgIpc) is 3.13. The van der Waals surface area contributed by atoms with E-state index in [1.807, 2.05) is 72.8 Å². The summed E-state index contributed by atoms with van der Waals surface area (Å²) in [5.74, 6) is -1.28. The smallest absolute Gasteiger partial charge is 0.174 e. The van der Waals surface area contributed by atoms with Crippen LogP contribution in [0.25, 0.3) is 6.08 Å². The fourth-order valence-electron chi connectivity index (χ4n) is 3.58. The van der Waals surface area contributed by atoms with Gasteiger partial charge in [-0.15, -0.1) is 0 Å². The number of hydrogen-bond acceptors (Lipinski definition) is 2. The van der Waals surface area contributed by atoms with Gasteiger partial charge in [-0.2, -0.15) is 0 Å². The Labute approximate surface area is 152 Å². The van der Waals surface area contributed by atoms with Gasteiger partial charge >= 0.3 is 0 Å². The van der Waals surface area contributed by atoms with Crippen LogP contribution >= 0.6 is 0 Å². The Kier molecular flexibility index (Phi) is 4.32. The first kappa shape index (κ1) is 16.2. The van der Waals surface area contributed by atoms with Crippen molar-refractivity contribution >= 4 is 17.6 Å². The number of allylic oxidation sites excluding steroid dienone is 1. The maximum absolute atomic E-state index is 13.3. The number of carbonyl (C=O) groups excluding carboxylic acids is 2. The third kappa shape index (κ3) is 2.91. The van der Waals surface area contributed by atoms with E-state index in [1.54, 1.807) is 24.3 Å². The van der Waals surface area contributed by atoms with E-state index in [1.165, 1.54) is 0 Å². The maximum Gasteiger partial charge on any atom is 0.174 e. The van der Waals surface area contributed by atoms with E-state index >= 15 is 0 Å². The van der Waals surface area contributed by atoms with E-state index in [0.29, 0.717) is 11.1 Å². The van der Waals surface area contributed by atoms with E-state index in [2.05, 4.69) is 0 Å². The minimum absolute atomic E-state index is 0.134. The summed E-state index contributed by atoms with van der Waals surface area (Å²) in [6.45, 7) is 0. The molecule has 3 aromatic carbocycles. The molecule has 1 aliphatic carbocycles. The Balaban J connectivity index is 1.79. The number of benzene rings is 3. The number of hydrogen-bond donors (Lipinski definition) is 0. The van der Waals surface area contributed by atoms with E-state index in [-0.39, 0.29) is 17.5 Å². The first-order chi connectivity index (χ1) is 12.8. The molecule has 3 aromatic rings. The Hall–Kier alpha value is -3.26. The van der Waals surface area contributed by atoms with Gasteiger partial charge in [-0.25, -0.2) is 0 Å². The zero-order valence-corrected chi connectivity index (χ0v) is 14.2. The second-order valence-corrected chi connectivity index (χ2v) is 6.45. The summed E-state index contributed by atoms with van der Waals surface area (Å²) in [4.78, 5) is 26.6. The molecular formula is C24H18O2. The molecule has 0 heterocycles. The predicted octanol–water partition coefficient (Wildman–Crippen LogP) is 5.18. The highest BCUT2D eigenvalue weighted by atomic mass is 16.2. The molecule has 0 radical (unpaired) electrons. The van der Waals surface area contributed by atoms with Crippen molar-refractivity contribution in [2.75, 3.05) is 0 Å². The molecule has 0 fully saturated rings. The second-order valence-electron chi connectivity index (χ2n) is 6.45. The van der Waals surface area contributed by atoms with E-state index in [9.17, 15) is 9.59 Å². The maximum atomic E-state index is 13.3. The van der Waals surface area contributed by atoms with Crippen LogP contribution in [0.15, 0.2) is 91.0 Å². The van der Waals surface area contributed by atoms with Crippen molar-refractivity contribution in [1.29, 1.82) is 0 Å². The molecule has 1 aliphatic rings. The van der Waals surface area contributed by atoms with Gasteiger partial charge in [-0.3, -0.25) is 9.59 Å². The summed E-state index contributed by atoms with van der Waals surface area (Å²) in [6.07, 6.45) is 3.99. The summed E-state index contributed by atoms with van der Waals surface area (Å²) in [6, 6.07) is 26.1. The third-order valence-electron chi connectivity index (χ3n) is 4.88. The largest absolute Gasteiger partial charge is 0.293 e. The molecule has 4 rings (SSSR count). The molecule has 0 aliphatic heterocycles. The van der Waals surface area contributed by atoms with Crippen LogP contribution in [0.5, 0.6) is 0 Å². The zero-order chi connectivity index (χ0) is 17.9. The standard InChI is InChI=1S/C24H18O2/c25-23(18-10-3-1-4-11-18)22(24(26)19-12-5-2-6-13-19)21-16-15-17-9-7-8-14-20(17)21/h1-16,21-22H. The van der Waals surface area contributed by atoms with Crippen molar-refractivity contribution in [2.45, 2.75) is 5.92 Å². The SMILES string of the molecule is O=C(c1ccccc1)C(C(=O)c1ccccc1)C1C=Cc2ccccc21. The quantitative estimate of drug-likeness (QED) is 0.474. The Morgan fingerprint density at radius 3 is 1.73 bits per heavy atom. The molecule has 0 amide bonds. The van der Waals surface area contributed by atoms with Crippen LogP contribution in [0, 0.1) is 5.92 Å². The molecule has 0 saturated heterocycles. The van der Waals surface area contributed by atoms with Crippen molar-refractivity contribution in [2.24, 2.45) is 5.92 Å². The van der Waals surface area contributed by atoms with Gasteiger partial charge in [0.15, 0.2) is 11.6 Å². The van der Waals surface area contributed by atoms with Crippen LogP contribution in [-0.2, 0) is 0 Å². The highest BCUT2D eigenvalue weighted by Crippen LogP contribution is 2.38. The van der Waals surface area contributed by atoms with Crippen LogP contribution in [-0.4, -0.2) is 11.6 Å². The molecule has 2 nitrogen and oxygen atoms in total. The van der Waals surface area contributed by atoms with Gasteiger partial charge in [0.05, 0.1) is 5.92 Å². The van der Waals surface area contributed by atoms with Crippen LogP contribution in [0.2, 0.25) is 0 Å². The predicted molar refractivity (Wildman–Crippen MR) is 103 cm³/mol. The summed E-state index contributed by atoms with van der Waals surface area (Å²) in [7, 11) is 0. The van der Waals surface area contributed by atoms with Gasteiger partial charge in [-0.1, -0.05) is 97.1 Å². The molecule has 126 valence electrons. The van der Waals surface area contributed by atoms with Gasteiger partial charge in [0, 0.05) is 17.0 Å². The summed E-state index contributed by atoms with van der Waals surface area (Å²) < 4.78 is 0. The van der Waals surface area contributed by atoms with Crippen molar-refractivity contribution in [3.63, 3.8) is 0 Å². The van der Waals surface area contributed by atoms with Gasteiger partial charge in [0.25, 0.3) is 0 Å². The molecule has 0 saturated carbocycles. The lowest BCUT2D eigenvalue weighted by molar-refractivity contribution is 0.0796. The Morgan fingerprint density at radius 1 is 0.654 bits per heavy atom. The zero-order valence-electron chi connectivity index (χ0n) is 14.2. The van der Waals surface area contributed by atoms with Crippen LogP contribution in [0.4, 0.5) is 0 Å². The molecular weight excluding hydrogens is 320 g/mol. The van der Waals surface area contributed by atoms with Gasteiger partial charge < -0.3 is 0 Å². The van der Waals surface area contributed by atoms with E-state index in [4.69, 9.17) is 0 Å². The van der Waals surface area contributed by atoms with Crippen molar-refractivity contribution < 1.29 is 9.59 Å². The van der Waals surface area contributed by atoms with Crippen molar-refractivity contribution in [1.82, 2.24) is 0 Å². The number of fused-ring (bicyclic) bond motifs is 1. The molecule has 2 heteroatoms. The lowest BCUT2D eigenvalue weighted by Gasteiger charge is -2.22. The highest BCUT2D eigenvalue weighted by molar-refractivity contribution is 6.17. The molecule has 0 bridgehead atoms. The Morgan fingerprint density at radius 2 is 1.15 bits per heavy atom. The summed E-state index contributed by atoms with van der Waals surface area (Å²) in [5, 5.41) is 0. The number of rotatable bonds is 5. The fraction of sp³-hybridized carbons (Fsp3) is 0.0833. The van der Waals surface area contributed by atoms with Gasteiger partial charge in [0.2, 0.25) is 0 Å². The van der Waals surface area contributed by atoms with Crippen LogP contribution < -0.4 is 0 Å². The Bertz CT molecular complexity index is 920. The third-order valence-corrected chi connectivity index (χ3v) is 4.88. The normalized spacial score (nSPS) is 15.0. The first-order valence-corrected chi connectivity index (χ1v) is 8.71. The number of carbonyl (C=O) groups is 2. The topological polar surface area (TPSA) is 34.1 Å². The summed E-state index contributed by atoms with van der Waals surface area (Å²) in [5.41, 5.74) is 3.24. The minimum Gasteiger partial charge on any atom is -0.293 e. The molecule has 1 atom stereocenters. The molecule has 26 heavy (non-hydrogen) atoms. The highest BCUT2D eigenvalue weighted by Gasteiger charge is 2.37. The number of Topliss-reactive ketones (excluding diaryl/α,β-unsaturated/α-hetero) is 2. The molecule has 0 aromatic heterocycles. The lowest BCUT2D eigenvalue weighted by atomic mass is 9.78. The minimum atomic E-state index is -0.764. The van der Waals surface area contributed by atoms with Gasteiger partial charge in [0.1, 0.15) is 0 Å². The first-order valence-electron chi connectivity index (χ1n) is 8.71. The van der Waals surface area contributed by atoms with E-state index in [0.717, 1.165) is 11.1 Å². The van der Waals surface area contributed by atoms with Crippen LogP contribution in [0.1, 0.15) is 37.8 Å². The monoisotopic (exact) mass is 338 g/mol. The second kappa shape index (κ2) is 6.93. The van der Waals surface area contributed by atoms with Crippen LogP contribution in [0.3, 0.4) is 0 Å². The average molecular weight is 338 g/mol. The fourth-order valence-corrected chi connectivity index (χ4v) is 3.58. The molecule has 0 spiro atoms. The van der Waals surface area contributed by atoms with Gasteiger partial charge in [-0.05, 0) is 11.1 Å².